The molecule has 2 rings (SSSR count). The molecule has 2 aromatic rings. The lowest BCUT2D eigenvalue weighted by Gasteiger charge is -2.16. The van der Waals surface area contributed by atoms with Crippen LogP contribution < -0.4 is 5.32 Å². The third-order valence-corrected chi connectivity index (χ3v) is 3.42. The van der Waals surface area contributed by atoms with E-state index in [0.29, 0.717) is 12.2 Å². The van der Waals surface area contributed by atoms with Gasteiger partial charge < -0.3 is 15.0 Å². The smallest absolute Gasteiger partial charge is 0.355 e. The highest BCUT2D eigenvalue weighted by Crippen LogP contribution is 2.13. The van der Waals surface area contributed by atoms with Crippen LogP contribution in [-0.2, 0) is 9.53 Å². The van der Waals surface area contributed by atoms with Crippen LogP contribution in [0.15, 0.2) is 48.7 Å². The van der Waals surface area contributed by atoms with Gasteiger partial charge in [-0.1, -0.05) is 37.3 Å². The van der Waals surface area contributed by atoms with Crippen molar-refractivity contribution in [3.63, 3.8) is 0 Å². The average Bonchev–Trinajstić information content (AvgIpc) is 3.07. The Morgan fingerprint density at radius 2 is 1.86 bits per heavy atom. The van der Waals surface area contributed by atoms with Crippen molar-refractivity contribution in [2.75, 3.05) is 6.54 Å². The molecule has 0 bridgehead atoms. The van der Waals surface area contributed by atoms with Crippen molar-refractivity contribution < 1.29 is 14.3 Å². The van der Waals surface area contributed by atoms with Gasteiger partial charge in [0.2, 0.25) is 0 Å². The summed E-state index contributed by atoms with van der Waals surface area (Å²) in [6.07, 6.45) is 0.793. The molecule has 0 aliphatic heterocycles. The molecular weight excluding hydrogens is 280 g/mol. The van der Waals surface area contributed by atoms with Crippen LogP contribution in [0.1, 0.15) is 35.8 Å². The Labute approximate surface area is 129 Å². The van der Waals surface area contributed by atoms with E-state index in [-0.39, 0.29) is 11.8 Å². The lowest BCUT2D eigenvalue weighted by atomic mass is 10.0. The number of carbonyl (C=O) groups is 2. The van der Waals surface area contributed by atoms with Crippen LogP contribution >= 0.6 is 0 Å². The Balaban J connectivity index is 1.80. The summed E-state index contributed by atoms with van der Waals surface area (Å²) < 4.78 is 5.11. The summed E-state index contributed by atoms with van der Waals surface area (Å²) >= 11 is 0. The number of aromatic amines is 1. The van der Waals surface area contributed by atoms with E-state index < -0.39 is 12.1 Å². The molecule has 0 unspecified atom stereocenters. The molecule has 0 saturated heterocycles. The molecule has 1 aromatic heterocycles. The maximum Gasteiger partial charge on any atom is 0.355 e. The van der Waals surface area contributed by atoms with Gasteiger partial charge >= 0.3 is 5.97 Å². The van der Waals surface area contributed by atoms with E-state index in [1.54, 1.807) is 25.3 Å². The fourth-order valence-corrected chi connectivity index (χ4v) is 2.03. The molecule has 0 aliphatic carbocycles. The average molecular weight is 300 g/mol. The van der Waals surface area contributed by atoms with Crippen LogP contribution in [-0.4, -0.2) is 29.5 Å². The minimum absolute atomic E-state index is 0.191. The Hall–Kier alpha value is -2.56. The number of hydrogen-bond donors (Lipinski definition) is 2. The molecule has 5 nitrogen and oxygen atoms in total. The van der Waals surface area contributed by atoms with Gasteiger partial charge in [0.25, 0.3) is 5.91 Å². The largest absolute Gasteiger partial charge is 0.448 e. The highest BCUT2D eigenvalue weighted by molar-refractivity contribution is 5.90. The van der Waals surface area contributed by atoms with E-state index in [1.807, 2.05) is 37.3 Å². The number of ether oxygens (including phenoxy) is 1. The molecule has 1 aromatic carbocycles. The quantitative estimate of drug-likeness (QED) is 0.805. The second-order valence-corrected chi connectivity index (χ2v) is 5.19. The van der Waals surface area contributed by atoms with E-state index in [1.165, 1.54) is 0 Å². The molecule has 0 radical (unpaired) electrons. The molecule has 0 spiro atoms. The fourth-order valence-electron chi connectivity index (χ4n) is 2.03. The van der Waals surface area contributed by atoms with Crippen molar-refractivity contribution in [2.24, 2.45) is 0 Å². The summed E-state index contributed by atoms with van der Waals surface area (Å²) in [6.45, 7) is 4.09. The van der Waals surface area contributed by atoms with Crippen molar-refractivity contribution in [3.05, 3.63) is 59.9 Å². The van der Waals surface area contributed by atoms with Crippen molar-refractivity contribution in [1.82, 2.24) is 10.3 Å². The van der Waals surface area contributed by atoms with Crippen LogP contribution in [0, 0.1) is 0 Å². The molecule has 5 heteroatoms. The van der Waals surface area contributed by atoms with Gasteiger partial charge in [0.1, 0.15) is 5.69 Å². The van der Waals surface area contributed by atoms with Crippen molar-refractivity contribution in [2.45, 2.75) is 25.9 Å². The first kappa shape index (κ1) is 15.8. The highest BCUT2D eigenvalue weighted by atomic mass is 16.5. The number of benzene rings is 1. The first-order valence-corrected chi connectivity index (χ1v) is 7.25. The number of amides is 1. The maximum atomic E-state index is 12.0. The molecule has 1 amide bonds. The first-order chi connectivity index (χ1) is 10.6. The molecule has 1 heterocycles. The van der Waals surface area contributed by atoms with E-state index in [0.717, 1.165) is 5.56 Å². The van der Waals surface area contributed by atoms with Crippen LogP contribution in [0.5, 0.6) is 0 Å². The molecular formula is C17H20N2O3. The first-order valence-electron chi connectivity index (χ1n) is 7.25. The topological polar surface area (TPSA) is 71.2 Å². The minimum Gasteiger partial charge on any atom is -0.448 e. The monoisotopic (exact) mass is 300 g/mol. The van der Waals surface area contributed by atoms with Crippen molar-refractivity contribution in [3.8, 4) is 0 Å². The standard InChI is InChI=1S/C17H20N2O3/c1-12(14-7-4-3-5-8-14)11-19-16(20)13(2)22-17(21)15-9-6-10-18-15/h3-10,12-13,18H,11H2,1-2H3,(H,19,20)/t12-,13-/m0/s1. The van der Waals surface area contributed by atoms with Crippen LogP contribution in [0.4, 0.5) is 0 Å². The fraction of sp³-hybridized carbons (Fsp3) is 0.294. The Bertz CT molecular complexity index is 608. The van der Waals surface area contributed by atoms with Crippen LogP contribution in [0.25, 0.3) is 0 Å². The lowest BCUT2D eigenvalue weighted by Crippen LogP contribution is -2.37. The minimum atomic E-state index is -0.834. The van der Waals surface area contributed by atoms with Crippen LogP contribution in [0.2, 0.25) is 0 Å². The van der Waals surface area contributed by atoms with Gasteiger partial charge in [0.15, 0.2) is 6.10 Å². The van der Waals surface area contributed by atoms with Gasteiger partial charge in [-0.15, -0.1) is 0 Å². The third kappa shape index (κ3) is 4.22. The molecule has 2 atom stereocenters. The maximum absolute atomic E-state index is 12.0. The number of carbonyl (C=O) groups excluding carboxylic acids is 2. The molecule has 0 aliphatic rings. The van der Waals surface area contributed by atoms with E-state index in [4.69, 9.17) is 4.74 Å². The van der Waals surface area contributed by atoms with Gasteiger partial charge in [-0.25, -0.2) is 4.79 Å². The van der Waals surface area contributed by atoms with E-state index in [9.17, 15) is 9.59 Å². The van der Waals surface area contributed by atoms with E-state index >= 15 is 0 Å². The number of hydrogen-bond acceptors (Lipinski definition) is 3. The second kappa shape index (κ2) is 7.45. The highest BCUT2D eigenvalue weighted by Gasteiger charge is 2.19. The molecule has 0 saturated carbocycles. The molecule has 22 heavy (non-hydrogen) atoms. The Kier molecular flexibility index (Phi) is 5.36. The number of H-pyrrole nitrogens is 1. The summed E-state index contributed by atoms with van der Waals surface area (Å²) in [5.41, 5.74) is 1.48. The third-order valence-electron chi connectivity index (χ3n) is 3.42. The number of nitrogens with one attached hydrogen (secondary N) is 2. The number of aromatic nitrogens is 1. The van der Waals surface area contributed by atoms with Crippen molar-refractivity contribution >= 4 is 11.9 Å². The summed E-state index contributed by atoms with van der Waals surface area (Å²) in [6, 6.07) is 13.2. The Morgan fingerprint density at radius 3 is 2.50 bits per heavy atom. The number of esters is 1. The number of rotatable bonds is 6. The summed E-state index contributed by atoms with van der Waals surface area (Å²) in [7, 11) is 0. The predicted molar refractivity (Wildman–Crippen MR) is 83.5 cm³/mol. The van der Waals surface area contributed by atoms with Gasteiger partial charge in [0, 0.05) is 12.7 Å². The zero-order valence-electron chi connectivity index (χ0n) is 12.7. The molecule has 0 fully saturated rings. The summed E-state index contributed by atoms with van der Waals surface area (Å²) in [4.78, 5) is 26.5. The van der Waals surface area contributed by atoms with Crippen molar-refractivity contribution in [1.29, 1.82) is 0 Å². The summed E-state index contributed by atoms with van der Waals surface area (Å²) in [5, 5.41) is 2.80. The lowest BCUT2D eigenvalue weighted by molar-refractivity contribution is -0.129. The van der Waals surface area contributed by atoms with Gasteiger partial charge in [-0.2, -0.15) is 0 Å². The predicted octanol–water partition coefficient (Wildman–Crippen LogP) is 2.48. The van der Waals surface area contributed by atoms with Gasteiger partial charge in [-0.3, -0.25) is 4.79 Å². The van der Waals surface area contributed by atoms with Gasteiger partial charge in [-0.05, 0) is 30.5 Å². The molecule has 2 N–H and O–H groups in total. The summed E-state index contributed by atoms with van der Waals surface area (Å²) in [5.74, 6) is -0.650. The zero-order valence-corrected chi connectivity index (χ0v) is 12.7. The normalized spacial score (nSPS) is 13.2. The Morgan fingerprint density at radius 1 is 1.14 bits per heavy atom. The van der Waals surface area contributed by atoms with Crippen LogP contribution in [0.3, 0.4) is 0 Å². The molecule has 116 valence electrons. The zero-order chi connectivity index (χ0) is 15.9. The van der Waals surface area contributed by atoms with Gasteiger partial charge in [0.05, 0.1) is 0 Å². The van der Waals surface area contributed by atoms with E-state index in [2.05, 4.69) is 10.3 Å². The second-order valence-electron chi connectivity index (χ2n) is 5.19. The SMILES string of the molecule is C[C@H](OC(=O)c1ccc[nH]1)C(=O)NC[C@H](C)c1ccccc1.